The van der Waals surface area contributed by atoms with E-state index in [0.717, 1.165) is 12.8 Å². The molecule has 0 aromatic heterocycles. The number of hydrogen-bond donors (Lipinski definition) is 1. The minimum absolute atomic E-state index is 0.347. The van der Waals surface area contributed by atoms with Crippen LogP contribution in [0, 0.1) is 0 Å². The van der Waals surface area contributed by atoms with Gasteiger partial charge in [-0.05, 0) is 6.42 Å². The summed E-state index contributed by atoms with van der Waals surface area (Å²) in [5.74, 6) is -0.647. The van der Waals surface area contributed by atoms with Crippen LogP contribution in [0.15, 0.2) is 0 Å². The van der Waals surface area contributed by atoms with E-state index in [1.54, 1.807) is 0 Å². The number of aliphatic carboxylic acids is 1. The van der Waals surface area contributed by atoms with Gasteiger partial charge in [0.1, 0.15) is 0 Å². The van der Waals surface area contributed by atoms with Crippen LogP contribution < -0.4 is 0 Å². The zero-order valence-corrected chi connectivity index (χ0v) is 43.2. The third-order valence-corrected chi connectivity index (χ3v) is 13.7. The molecule has 2 heteroatoms. The van der Waals surface area contributed by atoms with E-state index in [4.69, 9.17) is 5.11 Å². The molecule has 0 aliphatic carbocycles. The lowest BCUT2D eigenvalue weighted by Gasteiger charge is -2.05. The zero-order chi connectivity index (χ0) is 44.5. The summed E-state index contributed by atoms with van der Waals surface area (Å²) < 4.78 is 0. The van der Waals surface area contributed by atoms with Crippen LogP contribution in [-0.2, 0) is 4.79 Å². The van der Waals surface area contributed by atoms with E-state index in [0.29, 0.717) is 6.42 Å². The second-order valence-electron chi connectivity index (χ2n) is 20.2. The lowest BCUT2D eigenvalue weighted by molar-refractivity contribution is -0.137. The normalized spacial score (nSPS) is 11.3. The van der Waals surface area contributed by atoms with E-state index in [1.807, 2.05) is 0 Å². The van der Waals surface area contributed by atoms with Crippen molar-refractivity contribution in [2.45, 2.75) is 374 Å². The van der Waals surface area contributed by atoms with Gasteiger partial charge in [0.2, 0.25) is 0 Å². The third kappa shape index (κ3) is 66.2. The second-order valence-corrected chi connectivity index (χ2v) is 20.2. The monoisotopic (exact) mass is 861 g/mol. The molecule has 0 aliphatic rings. The van der Waals surface area contributed by atoms with E-state index in [1.165, 1.54) is 334 Å². The van der Waals surface area contributed by atoms with Crippen molar-refractivity contribution in [3.8, 4) is 0 Å². The summed E-state index contributed by atoms with van der Waals surface area (Å²) in [6, 6.07) is 0. The Balaban J connectivity index is 0. The summed E-state index contributed by atoms with van der Waals surface area (Å²) in [4.78, 5) is 10.5. The maximum atomic E-state index is 10.5. The first-order chi connectivity index (χ1) is 30.2. The Bertz CT molecular complexity index is 714. The fourth-order valence-electron chi connectivity index (χ4n) is 9.33. The molecule has 0 spiro atoms. The summed E-state index contributed by atoms with van der Waals surface area (Å²) in [7, 11) is 0. The Morgan fingerprint density at radius 3 is 0.393 bits per heavy atom. The highest BCUT2D eigenvalue weighted by Crippen LogP contribution is 2.18. The molecule has 0 radical (unpaired) electrons. The van der Waals surface area contributed by atoms with Gasteiger partial charge in [0.15, 0.2) is 0 Å². The molecule has 61 heavy (non-hydrogen) atoms. The van der Waals surface area contributed by atoms with Crippen molar-refractivity contribution < 1.29 is 9.90 Å². The van der Waals surface area contributed by atoms with Crippen LogP contribution in [0.2, 0.25) is 0 Å². The van der Waals surface area contributed by atoms with Crippen LogP contribution in [0.4, 0.5) is 0 Å². The van der Waals surface area contributed by atoms with Gasteiger partial charge in [-0.25, -0.2) is 0 Å². The van der Waals surface area contributed by atoms with Crippen LogP contribution in [0.25, 0.3) is 0 Å². The molecular weight excluding hydrogens is 741 g/mol. The van der Waals surface area contributed by atoms with E-state index >= 15 is 0 Å². The molecule has 0 bridgehead atoms. The molecule has 0 unspecified atom stereocenters. The van der Waals surface area contributed by atoms with Gasteiger partial charge in [0, 0.05) is 6.42 Å². The number of unbranched alkanes of at least 4 members (excludes halogenated alkanes) is 52. The van der Waals surface area contributed by atoms with Gasteiger partial charge in [0.25, 0.3) is 0 Å². The Morgan fingerprint density at radius 1 is 0.197 bits per heavy atom. The first-order valence-electron chi connectivity index (χ1n) is 29.4. The zero-order valence-electron chi connectivity index (χ0n) is 43.2. The van der Waals surface area contributed by atoms with Crippen molar-refractivity contribution in [2.24, 2.45) is 0 Å². The van der Waals surface area contributed by atoms with Crippen LogP contribution in [-0.4, -0.2) is 11.1 Å². The fourth-order valence-corrected chi connectivity index (χ4v) is 9.33. The molecule has 0 amide bonds. The molecule has 0 rings (SSSR count). The molecule has 0 aliphatic heterocycles. The second kappa shape index (κ2) is 61.6. The molecule has 0 aromatic rings. The van der Waals surface area contributed by atoms with Crippen molar-refractivity contribution in [3.05, 3.63) is 0 Å². The summed E-state index contributed by atoms with van der Waals surface area (Å²) in [6.45, 7) is 6.90. The first-order valence-corrected chi connectivity index (χ1v) is 29.4. The van der Waals surface area contributed by atoms with Crippen molar-refractivity contribution in [2.75, 3.05) is 0 Å². The minimum Gasteiger partial charge on any atom is -0.481 e. The van der Waals surface area contributed by atoms with Gasteiger partial charge in [-0.2, -0.15) is 0 Å². The van der Waals surface area contributed by atoms with Crippen molar-refractivity contribution in [3.63, 3.8) is 0 Å². The molecule has 1 N–H and O–H groups in total. The topological polar surface area (TPSA) is 37.3 Å². The summed E-state index contributed by atoms with van der Waals surface area (Å²) in [5.41, 5.74) is 0. The SMILES string of the molecule is CCCCCCCCCCCCCCCCCCCCC.CCCCCCCCCCCCCCCCCCCCCCCCCCCCCCCCCCCCCC(=O)O. The number of carboxylic acid groups (broad SMARTS) is 1. The Kier molecular flexibility index (Phi) is 63.1. The number of rotatable bonds is 54. The summed E-state index contributed by atoms with van der Waals surface area (Å²) in [5, 5.41) is 8.64. The molecule has 0 saturated heterocycles. The van der Waals surface area contributed by atoms with Crippen molar-refractivity contribution in [1.29, 1.82) is 0 Å². The highest BCUT2D eigenvalue weighted by molar-refractivity contribution is 5.66. The van der Waals surface area contributed by atoms with E-state index in [2.05, 4.69) is 20.8 Å². The Morgan fingerprint density at radius 2 is 0.295 bits per heavy atom. The predicted molar refractivity (Wildman–Crippen MR) is 279 cm³/mol. The quantitative estimate of drug-likeness (QED) is 0.0619. The average Bonchev–Trinajstić information content (AvgIpc) is 3.26. The highest BCUT2D eigenvalue weighted by atomic mass is 16.4. The standard InChI is InChI=1S/C38H76O2.C21H44/c1-2-3-4-5-6-7-8-9-10-11-12-13-14-15-16-17-18-19-20-21-22-23-24-25-26-27-28-29-30-31-32-33-34-35-36-37-38(39)40;1-3-5-7-9-11-13-15-17-19-21-20-18-16-14-12-10-8-6-4-2/h2-37H2,1H3,(H,39,40);3-21H2,1-2H3. The lowest BCUT2D eigenvalue weighted by Crippen LogP contribution is -1.93. The molecule has 0 aromatic carbocycles. The average molecular weight is 862 g/mol. The van der Waals surface area contributed by atoms with Crippen LogP contribution >= 0.6 is 0 Å². The number of carbonyl (C=O) groups is 1. The van der Waals surface area contributed by atoms with Gasteiger partial charge in [-0.15, -0.1) is 0 Å². The van der Waals surface area contributed by atoms with Gasteiger partial charge in [0.05, 0.1) is 0 Å². The Hall–Kier alpha value is -0.530. The van der Waals surface area contributed by atoms with Crippen molar-refractivity contribution >= 4 is 5.97 Å². The van der Waals surface area contributed by atoms with Gasteiger partial charge in [-0.3, -0.25) is 4.79 Å². The number of carboxylic acids is 1. The molecule has 2 nitrogen and oxygen atoms in total. The van der Waals surface area contributed by atoms with Crippen LogP contribution in [0.5, 0.6) is 0 Å². The number of hydrogen-bond acceptors (Lipinski definition) is 1. The van der Waals surface area contributed by atoms with Crippen LogP contribution in [0.1, 0.15) is 374 Å². The van der Waals surface area contributed by atoms with Crippen LogP contribution in [0.3, 0.4) is 0 Å². The predicted octanol–water partition coefficient (Wildman–Crippen LogP) is 22.6. The molecule has 0 fully saturated rings. The largest absolute Gasteiger partial charge is 0.481 e. The molecule has 0 heterocycles. The molecule has 0 saturated carbocycles. The molecular formula is C59H120O2. The third-order valence-electron chi connectivity index (χ3n) is 13.7. The Labute approximate surface area is 388 Å². The van der Waals surface area contributed by atoms with Gasteiger partial charge < -0.3 is 5.11 Å². The highest BCUT2D eigenvalue weighted by Gasteiger charge is 2.00. The van der Waals surface area contributed by atoms with E-state index in [9.17, 15) is 4.79 Å². The smallest absolute Gasteiger partial charge is 0.303 e. The minimum atomic E-state index is -0.647. The van der Waals surface area contributed by atoms with E-state index in [-0.39, 0.29) is 0 Å². The molecule has 368 valence electrons. The summed E-state index contributed by atoms with van der Waals surface area (Å²) >= 11 is 0. The first kappa shape index (κ1) is 62.6. The van der Waals surface area contributed by atoms with Gasteiger partial charge >= 0.3 is 5.97 Å². The maximum absolute atomic E-state index is 10.5. The fraction of sp³-hybridized carbons (Fsp3) is 0.983. The van der Waals surface area contributed by atoms with Gasteiger partial charge in [-0.1, -0.05) is 361 Å². The maximum Gasteiger partial charge on any atom is 0.303 e. The van der Waals surface area contributed by atoms with E-state index < -0.39 is 5.97 Å². The van der Waals surface area contributed by atoms with Crippen molar-refractivity contribution in [1.82, 2.24) is 0 Å². The summed E-state index contributed by atoms with van der Waals surface area (Å²) in [6.07, 6.45) is 77.8. The lowest BCUT2D eigenvalue weighted by atomic mass is 10.0. The molecule has 0 atom stereocenters.